The van der Waals surface area contributed by atoms with Crippen LogP contribution < -0.4 is 15.0 Å². The van der Waals surface area contributed by atoms with Crippen molar-refractivity contribution in [3.05, 3.63) is 41.3 Å². The molecule has 0 amide bonds. The number of benzene rings is 1. The summed E-state index contributed by atoms with van der Waals surface area (Å²) in [6.07, 6.45) is 0. The number of hydrogen-bond acceptors (Lipinski definition) is 5. The highest BCUT2D eigenvalue weighted by atomic mass is 32.1. The lowest BCUT2D eigenvalue weighted by Gasteiger charge is -2.37. The molecule has 1 fully saturated rings. The van der Waals surface area contributed by atoms with Crippen molar-refractivity contribution >= 4 is 22.3 Å². The van der Waals surface area contributed by atoms with Crippen LogP contribution >= 0.6 is 11.3 Å². The van der Waals surface area contributed by atoms with Gasteiger partial charge in [0.05, 0.1) is 18.7 Å². The Labute approximate surface area is 158 Å². The molecule has 1 aromatic carbocycles. The van der Waals surface area contributed by atoms with Gasteiger partial charge in [-0.05, 0) is 42.6 Å². The van der Waals surface area contributed by atoms with E-state index in [1.165, 1.54) is 5.00 Å². The average molecular weight is 375 g/mol. The van der Waals surface area contributed by atoms with Crippen molar-refractivity contribution in [3.8, 4) is 11.5 Å². The fourth-order valence-electron chi connectivity index (χ4n) is 2.99. The van der Waals surface area contributed by atoms with Gasteiger partial charge in [0.2, 0.25) is 0 Å². The Balaban J connectivity index is 1.66. The molecule has 0 saturated carbocycles. The topological polar surface area (TPSA) is 60.3 Å². The van der Waals surface area contributed by atoms with E-state index < -0.39 is 0 Å². The Kier molecular flexibility index (Phi) is 6.22. The minimum atomic E-state index is 0.243. The van der Waals surface area contributed by atoms with Crippen LogP contribution in [0.1, 0.15) is 12.5 Å². The summed E-state index contributed by atoms with van der Waals surface area (Å²) in [5.74, 6) is 1.86. The average Bonchev–Trinajstić information content (AvgIpc) is 3.21. The van der Waals surface area contributed by atoms with Gasteiger partial charge in [0.25, 0.3) is 0 Å². The molecular formula is C19H26N4O2S. The number of nitrogens with zero attached hydrogens (tertiary/aromatic N) is 3. The van der Waals surface area contributed by atoms with E-state index in [0.717, 1.165) is 50.0 Å². The SMILES string of the molecule is CCNC(=NCc1cc(OC)ccc1O)N1CCN(c2cccs2)CC1. The standard InChI is InChI=1S/C19H26N4O2S/c1-3-20-19(21-14-15-13-16(25-2)6-7-17(15)24)23-10-8-22(9-11-23)18-5-4-12-26-18/h4-7,12-13,24H,3,8-11,14H2,1-2H3,(H,20,21). The van der Waals surface area contributed by atoms with E-state index >= 15 is 0 Å². The lowest BCUT2D eigenvalue weighted by molar-refractivity contribution is 0.373. The molecule has 0 unspecified atom stereocenters. The van der Waals surface area contributed by atoms with Gasteiger partial charge in [0.15, 0.2) is 5.96 Å². The van der Waals surface area contributed by atoms with E-state index in [0.29, 0.717) is 6.54 Å². The summed E-state index contributed by atoms with van der Waals surface area (Å²) in [6.45, 7) is 7.11. The van der Waals surface area contributed by atoms with Gasteiger partial charge in [-0.1, -0.05) is 0 Å². The number of guanidine groups is 1. The first-order valence-corrected chi connectivity index (χ1v) is 9.77. The van der Waals surface area contributed by atoms with Gasteiger partial charge in [-0.2, -0.15) is 0 Å². The van der Waals surface area contributed by atoms with E-state index in [1.54, 1.807) is 30.6 Å². The van der Waals surface area contributed by atoms with E-state index in [4.69, 9.17) is 9.73 Å². The molecule has 7 heteroatoms. The molecular weight excluding hydrogens is 348 g/mol. The zero-order chi connectivity index (χ0) is 18.4. The van der Waals surface area contributed by atoms with Crippen molar-refractivity contribution in [2.75, 3.05) is 44.7 Å². The molecule has 2 aromatic rings. The highest BCUT2D eigenvalue weighted by molar-refractivity contribution is 7.14. The molecule has 6 nitrogen and oxygen atoms in total. The third-order valence-corrected chi connectivity index (χ3v) is 5.35. The third-order valence-electron chi connectivity index (χ3n) is 4.42. The van der Waals surface area contributed by atoms with Gasteiger partial charge in [-0.15, -0.1) is 11.3 Å². The Morgan fingerprint density at radius 2 is 2.08 bits per heavy atom. The minimum absolute atomic E-state index is 0.243. The molecule has 3 rings (SSSR count). The van der Waals surface area contributed by atoms with Crippen LogP contribution in [0.4, 0.5) is 5.00 Å². The second kappa shape index (κ2) is 8.80. The van der Waals surface area contributed by atoms with Crippen LogP contribution in [0.2, 0.25) is 0 Å². The number of hydrogen-bond donors (Lipinski definition) is 2. The number of piperazine rings is 1. The lowest BCUT2D eigenvalue weighted by Crippen LogP contribution is -2.52. The van der Waals surface area contributed by atoms with Crippen LogP contribution in [0.15, 0.2) is 40.7 Å². The van der Waals surface area contributed by atoms with Crippen molar-refractivity contribution in [1.29, 1.82) is 0 Å². The van der Waals surface area contributed by atoms with Crippen LogP contribution in [-0.4, -0.2) is 55.8 Å². The van der Waals surface area contributed by atoms with Crippen molar-refractivity contribution in [3.63, 3.8) is 0 Å². The van der Waals surface area contributed by atoms with E-state index in [9.17, 15) is 5.11 Å². The van der Waals surface area contributed by atoms with E-state index in [-0.39, 0.29) is 5.75 Å². The molecule has 0 radical (unpaired) electrons. The maximum atomic E-state index is 10.1. The molecule has 0 aliphatic carbocycles. The van der Waals surface area contributed by atoms with Crippen LogP contribution in [0.5, 0.6) is 11.5 Å². The molecule has 1 saturated heterocycles. The second-order valence-electron chi connectivity index (χ2n) is 6.09. The number of thiophene rings is 1. The minimum Gasteiger partial charge on any atom is -0.508 e. The number of phenolic OH excluding ortho intramolecular Hbond substituents is 1. The quantitative estimate of drug-likeness (QED) is 0.622. The predicted molar refractivity (Wildman–Crippen MR) is 108 cm³/mol. The molecule has 0 spiro atoms. The molecule has 1 aliphatic heterocycles. The molecule has 2 N–H and O–H groups in total. The zero-order valence-electron chi connectivity index (χ0n) is 15.3. The maximum absolute atomic E-state index is 10.1. The van der Waals surface area contributed by atoms with Crippen LogP contribution in [0.3, 0.4) is 0 Å². The normalized spacial score (nSPS) is 15.2. The largest absolute Gasteiger partial charge is 0.508 e. The number of anilines is 1. The maximum Gasteiger partial charge on any atom is 0.194 e. The highest BCUT2D eigenvalue weighted by Crippen LogP contribution is 2.24. The molecule has 0 bridgehead atoms. The van der Waals surface area contributed by atoms with Crippen molar-refractivity contribution in [2.24, 2.45) is 4.99 Å². The fraction of sp³-hybridized carbons (Fsp3) is 0.421. The molecule has 0 atom stereocenters. The Morgan fingerprint density at radius 3 is 2.73 bits per heavy atom. The fourth-order valence-corrected chi connectivity index (χ4v) is 3.78. The summed E-state index contributed by atoms with van der Waals surface area (Å²) in [6, 6.07) is 9.49. The smallest absolute Gasteiger partial charge is 0.194 e. The summed E-state index contributed by atoms with van der Waals surface area (Å²) in [4.78, 5) is 9.43. The number of nitrogens with one attached hydrogen (secondary N) is 1. The molecule has 2 heterocycles. The van der Waals surface area contributed by atoms with Gasteiger partial charge in [0.1, 0.15) is 11.5 Å². The molecule has 140 valence electrons. The molecule has 1 aliphatic rings. The van der Waals surface area contributed by atoms with Gasteiger partial charge >= 0.3 is 0 Å². The first kappa shape index (κ1) is 18.4. The van der Waals surface area contributed by atoms with Gasteiger partial charge in [-0.25, -0.2) is 4.99 Å². The number of methoxy groups -OCH3 is 1. The van der Waals surface area contributed by atoms with Crippen molar-refractivity contribution in [2.45, 2.75) is 13.5 Å². The number of aliphatic imine (C=N–C) groups is 1. The van der Waals surface area contributed by atoms with Crippen LogP contribution in [0.25, 0.3) is 0 Å². The van der Waals surface area contributed by atoms with E-state index in [2.05, 4.69) is 39.6 Å². The van der Waals surface area contributed by atoms with E-state index in [1.807, 2.05) is 6.07 Å². The van der Waals surface area contributed by atoms with Gasteiger partial charge < -0.3 is 25.0 Å². The summed E-state index contributed by atoms with van der Waals surface area (Å²) in [7, 11) is 1.62. The molecule has 1 aromatic heterocycles. The van der Waals surface area contributed by atoms with Gasteiger partial charge in [-0.3, -0.25) is 0 Å². The van der Waals surface area contributed by atoms with Crippen LogP contribution in [0, 0.1) is 0 Å². The van der Waals surface area contributed by atoms with Crippen LogP contribution in [-0.2, 0) is 6.54 Å². The van der Waals surface area contributed by atoms with Crippen molar-refractivity contribution < 1.29 is 9.84 Å². The number of phenols is 1. The zero-order valence-corrected chi connectivity index (χ0v) is 16.1. The number of ether oxygens (including phenoxy) is 1. The summed E-state index contributed by atoms with van der Waals surface area (Å²) >= 11 is 1.78. The first-order valence-electron chi connectivity index (χ1n) is 8.89. The second-order valence-corrected chi connectivity index (χ2v) is 7.02. The monoisotopic (exact) mass is 374 g/mol. The van der Waals surface area contributed by atoms with Gasteiger partial charge in [0, 0.05) is 38.3 Å². The number of rotatable bonds is 5. The molecule has 26 heavy (non-hydrogen) atoms. The third kappa shape index (κ3) is 4.40. The summed E-state index contributed by atoms with van der Waals surface area (Å²) < 4.78 is 5.24. The number of aromatic hydroxyl groups is 1. The summed E-state index contributed by atoms with van der Waals surface area (Å²) in [5, 5.41) is 16.9. The predicted octanol–water partition coefficient (Wildman–Crippen LogP) is 2.75. The first-order chi connectivity index (χ1) is 12.7. The van der Waals surface area contributed by atoms with Crippen molar-refractivity contribution in [1.82, 2.24) is 10.2 Å². The Morgan fingerprint density at radius 1 is 1.27 bits per heavy atom. The lowest BCUT2D eigenvalue weighted by atomic mass is 10.2. The Bertz CT molecular complexity index is 725. The highest BCUT2D eigenvalue weighted by Gasteiger charge is 2.20. The Hall–Kier alpha value is -2.41. The summed E-state index contributed by atoms with van der Waals surface area (Å²) in [5.41, 5.74) is 0.761.